The zero-order valence-corrected chi connectivity index (χ0v) is 20.7. The lowest BCUT2D eigenvalue weighted by atomic mass is 10.0. The van der Waals surface area contributed by atoms with Gasteiger partial charge < -0.3 is 14.4 Å². The molecule has 1 aliphatic heterocycles. The maximum Gasteiger partial charge on any atom is 0.419 e. The van der Waals surface area contributed by atoms with E-state index >= 15 is 0 Å². The van der Waals surface area contributed by atoms with Crippen LogP contribution in [-0.2, 0) is 24.1 Å². The molecular weight excluding hydrogens is 501 g/mol. The molecule has 0 N–H and O–H groups in total. The highest BCUT2D eigenvalue weighted by Gasteiger charge is 2.34. The second-order valence-corrected chi connectivity index (χ2v) is 9.98. The molecule has 5 nitrogen and oxygen atoms in total. The predicted octanol–water partition coefficient (Wildman–Crippen LogP) is 5.30. The summed E-state index contributed by atoms with van der Waals surface area (Å²) in [6.07, 6.45) is -3.26. The number of benzene rings is 1. The summed E-state index contributed by atoms with van der Waals surface area (Å²) in [7, 11) is 1.91. The van der Waals surface area contributed by atoms with Crippen LogP contribution in [0.2, 0.25) is 0 Å². The topological polar surface area (TPSA) is 45.6 Å². The van der Waals surface area contributed by atoms with E-state index in [9.17, 15) is 31.5 Å². The molecule has 1 amide bonds. The number of nitrogens with zero attached hydrogens (tertiary/aromatic N) is 3. The van der Waals surface area contributed by atoms with Crippen molar-refractivity contribution in [3.8, 4) is 11.1 Å². The monoisotopic (exact) mass is 527 g/mol. The number of thiophene rings is 1. The van der Waals surface area contributed by atoms with Crippen LogP contribution in [0.3, 0.4) is 0 Å². The van der Waals surface area contributed by atoms with Crippen LogP contribution in [0, 0.1) is 5.82 Å². The second kappa shape index (κ2) is 10.3. The fourth-order valence-corrected chi connectivity index (χ4v) is 5.62. The van der Waals surface area contributed by atoms with Crippen molar-refractivity contribution in [3.63, 3.8) is 0 Å². The summed E-state index contributed by atoms with van der Waals surface area (Å²) >= 11 is 1.22. The van der Waals surface area contributed by atoms with Crippen LogP contribution in [0.1, 0.15) is 30.9 Å². The number of likely N-dealkylation sites (tertiary alicyclic amines) is 1. The van der Waals surface area contributed by atoms with E-state index in [0.717, 1.165) is 24.6 Å². The minimum atomic E-state index is -4.89. The zero-order chi connectivity index (χ0) is 26.2. The average molecular weight is 528 g/mol. The Morgan fingerprint density at radius 3 is 2.67 bits per heavy atom. The van der Waals surface area contributed by atoms with Gasteiger partial charge in [-0.05, 0) is 44.1 Å². The highest BCUT2D eigenvalue weighted by Crippen LogP contribution is 2.38. The van der Waals surface area contributed by atoms with Crippen molar-refractivity contribution in [1.29, 1.82) is 0 Å². The van der Waals surface area contributed by atoms with Crippen molar-refractivity contribution in [1.82, 2.24) is 14.4 Å². The van der Waals surface area contributed by atoms with Crippen LogP contribution in [0.4, 0.5) is 22.0 Å². The summed E-state index contributed by atoms with van der Waals surface area (Å²) in [5, 5.41) is 1.77. The van der Waals surface area contributed by atoms with Gasteiger partial charge >= 0.3 is 6.18 Å². The minimum absolute atomic E-state index is 0.0264. The summed E-state index contributed by atoms with van der Waals surface area (Å²) in [5.74, 6) is -1.80. The lowest BCUT2D eigenvalue weighted by Crippen LogP contribution is -2.35. The fraction of sp³-hybridized carbons (Fsp3) is 0.440. The molecule has 2 aromatic heterocycles. The lowest BCUT2D eigenvalue weighted by Gasteiger charge is -2.19. The molecule has 3 aromatic rings. The smallest absolute Gasteiger partial charge is 0.338 e. The third-order valence-electron chi connectivity index (χ3n) is 6.29. The number of amides is 1. The molecule has 1 aliphatic rings. The molecule has 11 heteroatoms. The molecule has 3 heterocycles. The first-order chi connectivity index (χ1) is 17.0. The summed E-state index contributed by atoms with van der Waals surface area (Å²) in [4.78, 5) is 29.7. The lowest BCUT2D eigenvalue weighted by molar-refractivity contribution is -0.140. The largest absolute Gasteiger partial charge is 0.419 e. The quantitative estimate of drug-likeness (QED) is 0.392. The first-order valence-corrected chi connectivity index (χ1v) is 12.5. The van der Waals surface area contributed by atoms with Gasteiger partial charge in [-0.3, -0.25) is 9.59 Å². The number of rotatable bonds is 7. The van der Waals surface area contributed by atoms with Gasteiger partial charge in [0.05, 0.1) is 17.5 Å². The number of hydrogen-bond acceptors (Lipinski definition) is 4. The zero-order valence-electron chi connectivity index (χ0n) is 19.9. The van der Waals surface area contributed by atoms with Gasteiger partial charge in [0.2, 0.25) is 5.91 Å². The molecule has 1 atom stereocenters. The van der Waals surface area contributed by atoms with Crippen LogP contribution in [-0.4, -0.2) is 53.1 Å². The Bertz CT molecular complexity index is 1330. The van der Waals surface area contributed by atoms with Gasteiger partial charge in [0.15, 0.2) is 0 Å². The molecule has 1 unspecified atom stereocenters. The third-order valence-corrected chi connectivity index (χ3v) is 7.34. The van der Waals surface area contributed by atoms with Gasteiger partial charge in [-0.25, -0.2) is 8.78 Å². The van der Waals surface area contributed by atoms with Crippen molar-refractivity contribution in [2.45, 2.75) is 45.2 Å². The highest BCUT2D eigenvalue weighted by atomic mass is 32.1. The molecular formula is C25H26F5N3O2S. The number of pyridine rings is 1. The first-order valence-electron chi connectivity index (χ1n) is 11.6. The number of halogens is 5. The fourth-order valence-electron chi connectivity index (χ4n) is 4.55. The predicted molar refractivity (Wildman–Crippen MR) is 129 cm³/mol. The molecule has 1 saturated heterocycles. The van der Waals surface area contributed by atoms with E-state index in [1.54, 1.807) is 11.6 Å². The SMILES string of the molecule is CCCN(C)Cc1cn(CC(=O)N2CCC(F)C2)c(=O)c2c(-c3ccc(F)c(C(F)(F)F)c3)csc12. The maximum absolute atomic E-state index is 13.9. The summed E-state index contributed by atoms with van der Waals surface area (Å²) in [5.41, 5.74) is -0.901. The van der Waals surface area contributed by atoms with Crippen molar-refractivity contribution in [3.05, 3.63) is 57.1 Å². The van der Waals surface area contributed by atoms with Crippen LogP contribution in [0.15, 0.2) is 34.6 Å². The van der Waals surface area contributed by atoms with Crippen molar-refractivity contribution in [2.75, 3.05) is 26.7 Å². The number of alkyl halides is 4. The third kappa shape index (κ3) is 5.31. The average Bonchev–Trinajstić information content (AvgIpc) is 3.44. The van der Waals surface area contributed by atoms with E-state index in [4.69, 9.17) is 0 Å². The van der Waals surface area contributed by atoms with Gasteiger partial charge in [-0.15, -0.1) is 11.3 Å². The Morgan fingerprint density at radius 1 is 1.28 bits per heavy atom. The Hall–Kier alpha value is -2.79. The van der Waals surface area contributed by atoms with Gasteiger partial charge in [0.25, 0.3) is 5.56 Å². The van der Waals surface area contributed by atoms with Gasteiger partial charge in [-0.2, -0.15) is 13.2 Å². The van der Waals surface area contributed by atoms with E-state index in [-0.39, 0.29) is 42.6 Å². The van der Waals surface area contributed by atoms with Gasteiger partial charge in [0, 0.05) is 40.5 Å². The Morgan fingerprint density at radius 2 is 2.03 bits per heavy atom. The molecule has 36 heavy (non-hydrogen) atoms. The van der Waals surface area contributed by atoms with Crippen LogP contribution in [0.25, 0.3) is 21.2 Å². The number of carbonyl (C=O) groups is 1. The molecule has 0 bridgehead atoms. The normalized spacial score (nSPS) is 16.4. The Labute approximate surface area is 208 Å². The number of fused-ring (bicyclic) bond motifs is 1. The summed E-state index contributed by atoms with van der Waals surface area (Å²) in [6, 6.07) is 2.65. The standard InChI is InChI=1S/C25H26F5N3O2S/c1-3-7-31(2)10-16-11-33(13-21(34)32-8-6-17(26)12-32)24(35)22-18(14-36-23(16)22)15-4-5-20(27)19(9-15)25(28,29)30/h4-5,9,11,14,17H,3,6-8,10,12-13H2,1-2H3. The minimum Gasteiger partial charge on any atom is -0.338 e. The Balaban J connectivity index is 1.84. The molecule has 4 rings (SSSR count). The first kappa shape index (κ1) is 26.3. The van der Waals surface area contributed by atoms with Gasteiger partial charge in [-0.1, -0.05) is 13.0 Å². The van der Waals surface area contributed by atoms with E-state index in [1.165, 1.54) is 26.9 Å². The molecule has 1 aromatic carbocycles. The van der Waals surface area contributed by atoms with Crippen LogP contribution in [0.5, 0.6) is 0 Å². The van der Waals surface area contributed by atoms with Gasteiger partial charge in [0.1, 0.15) is 18.5 Å². The number of hydrogen-bond donors (Lipinski definition) is 0. The van der Waals surface area contributed by atoms with Crippen LogP contribution < -0.4 is 5.56 Å². The molecule has 1 fully saturated rings. The summed E-state index contributed by atoms with van der Waals surface area (Å²) in [6.45, 7) is 3.18. The van der Waals surface area contributed by atoms with Crippen LogP contribution >= 0.6 is 11.3 Å². The highest BCUT2D eigenvalue weighted by molar-refractivity contribution is 7.18. The molecule has 0 saturated carbocycles. The number of carbonyl (C=O) groups excluding carboxylic acids is 1. The van der Waals surface area contributed by atoms with E-state index in [2.05, 4.69) is 0 Å². The van der Waals surface area contributed by atoms with Crippen molar-refractivity contribution >= 4 is 27.3 Å². The van der Waals surface area contributed by atoms with E-state index in [1.807, 2.05) is 18.9 Å². The number of aromatic nitrogens is 1. The van der Waals surface area contributed by atoms with E-state index in [0.29, 0.717) is 17.3 Å². The molecule has 0 spiro atoms. The van der Waals surface area contributed by atoms with Crippen molar-refractivity contribution < 1.29 is 26.7 Å². The molecule has 0 aliphatic carbocycles. The van der Waals surface area contributed by atoms with E-state index < -0.39 is 35.2 Å². The molecule has 194 valence electrons. The second-order valence-electron chi connectivity index (χ2n) is 9.10. The Kier molecular flexibility index (Phi) is 7.51. The molecule has 0 radical (unpaired) electrons. The van der Waals surface area contributed by atoms with Crippen molar-refractivity contribution in [2.24, 2.45) is 0 Å². The summed E-state index contributed by atoms with van der Waals surface area (Å²) < 4.78 is 69.4. The maximum atomic E-state index is 13.9.